The summed E-state index contributed by atoms with van der Waals surface area (Å²) >= 11 is 0. The Bertz CT molecular complexity index is 1260. The molecule has 0 radical (unpaired) electrons. The molecule has 2 amide bonds. The number of allylic oxidation sites excluding steroid dienone is 3. The lowest BCUT2D eigenvalue weighted by molar-refractivity contribution is 0.255. The Hall–Kier alpha value is -3.47. The third kappa shape index (κ3) is 5.98. The second-order valence-electron chi connectivity index (χ2n) is 11.0. The number of hydrogen-bond donors (Lipinski definition) is 2. The number of carbonyl (C=O) groups is 1. The molecule has 1 unspecified atom stereocenters. The molecule has 2 aromatic carbocycles. The van der Waals surface area contributed by atoms with Gasteiger partial charge in [0.25, 0.3) is 0 Å². The van der Waals surface area contributed by atoms with E-state index in [0.717, 1.165) is 45.8 Å². The van der Waals surface area contributed by atoms with Crippen LogP contribution in [0.2, 0.25) is 0 Å². The molecule has 1 atom stereocenters. The monoisotopic (exact) mass is 512 g/mol. The van der Waals surface area contributed by atoms with Crippen LogP contribution in [-0.4, -0.2) is 24.0 Å². The summed E-state index contributed by atoms with van der Waals surface area (Å²) in [7, 11) is 0. The summed E-state index contributed by atoms with van der Waals surface area (Å²) in [4.78, 5) is 19.2. The van der Waals surface area contributed by atoms with Gasteiger partial charge in [0.05, 0.1) is 11.4 Å². The molecule has 5 heteroatoms. The van der Waals surface area contributed by atoms with Gasteiger partial charge in [-0.2, -0.15) is 0 Å². The number of nitrogens with zero attached hydrogens (tertiary/aromatic N) is 2. The normalized spacial score (nSPS) is 17.1. The van der Waals surface area contributed by atoms with Crippen molar-refractivity contribution in [1.29, 1.82) is 5.41 Å². The summed E-state index contributed by atoms with van der Waals surface area (Å²) in [5.74, 6) is 0.818. The first-order chi connectivity index (χ1) is 18.0. The van der Waals surface area contributed by atoms with Gasteiger partial charge >= 0.3 is 6.03 Å². The molecule has 0 fully saturated rings. The molecule has 0 bridgehead atoms. The minimum atomic E-state index is -0.494. The number of primary amides is 1. The highest BCUT2D eigenvalue weighted by Gasteiger charge is 2.31. The molecule has 202 valence electrons. The van der Waals surface area contributed by atoms with Crippen molar-refractivity contribution in [2.45, 2.75) is 80.1 Å². The van der Waals surface area contributed by atoms with Gasteiger partial charge in [0.1, 0.15) is 0 Å². The minimum Gasteiger partial charge on any atom is -0.351 e. The van der Waals surface area contributed by atoms with Crippen molar-refractivity contribution in [2.24, 2.45) is 16.6 Å². The predicted molar refractivity (Wildman–Crippen MR) is 162 cm³/mol. The van der Waals surface area contributed by atoms with Crippen molar-refractivity contribution < 1.29 is 4.79 Å². The van der Waals surface area contributed by atoms with E-state index < -0.39 is 6.03 Å². The molecule has 1 aliphatic rings. The van der Waals surface area contributed by atoms with Crippen LogP contribution in [0.4, 0.5) is 10.5 Å². The number of benzene rings is 2. The third-order valence-electron chi connectivity index (χ3n) is 7.74. The van der Waals surface area contributed by atoms with E-state index >= 15 is 0 Å². The van der Waals surface area contributed by atoms with Crippen molar-refractivity contribution in [2.75, 3.05) is 11.4 Å². The maximum Gasteiger partial charge on any atom is 0.323 e. The lowest BCUT2D eigenvalue weighted by Gasteiger charge is -2.34. The molecule has 0 aromatic heterocycles. The number of aliphatic imine (C=N–C) groups is 1. The van der Waals surface area contributed by atoms with E-state index in [1.54, 1.807) is 4.90 Å². The zero-order valence-corrected chi connectivity index (χ0v) is 24.4. The van der Waals surface area contributed by atoms with E-state index in [1.807, 2.05) is 37.3 Å². The molecular formula is C33H44N4O. The van der Waals surface area contributed by atoms with Crippen LogP contribution in [-0.2, 0) is 0 Å². The van der Waals surface area contributed by atoms with Gasteiger partial charge in [0.2, 0.25) is 0 Å². The molecule has 0 aliphatic heterocycles. The van der Waals surface area contributed by atoms with Crippen LogP contribution in [0.1, 0.15) is 96.8 Å². The van der Waals surface area contributed by atoms with E-state index in [0.29, 0.717) is 30.5 Å². The Morgan fingerprint density at radius 3 is 2.05 bits per heavy atom. The number of anilines is 1. The largest absolute Gasteiger partial charge is 0.351 e. The van der Waals surface area contributed by atoms with Gasteiger partial charge in [0.15, 0.2) is 0 Å². The Labute approximate surface area is 229 Å². The van der Waals surface area contributed by atoms with Gasteiger partial charge in [-0.05, 0) is 85.4 Å². The average Bonchev–Trinajstić information content (AvgIpc) is 2.89. The molecular weight excluding hydrogens is 468 g/mol. The zero-order valence-electron chi connectivity index (χ0n) is 24.4. The lowest BCUT2D eigenvalue weighted by atomic mass is 9.81. The van der Waals surface area contributed by atoms with Crippen LogP contribution in [0.3, 0.4) is 0 Å². The number of hydrogen-bond acceptors (Lipinski definition) is 3. The standard InChI is InChI=1S/C33H44N4O/c1-20(2)27-16-12-17-28(21(3)4)30(27)29(34)18-13-19-36-31-22(5)24(7)32(25(8)23(31)6)37(33(35)38)26-14-10-9-11-15-26/h9-12,14-17,20-22,34H,13,18-19H2,1-8H3,(H2,35,38). The summed E-state index contributed by atoms with van der Waals surface area (Å²) in [5.41, 5.74) is 16.1. The summed E-state index contributed by atoms with van der Waals surface area (Å²) in [6, 6.07) is 15.5. The van der Waals surface area contributed by atoms with Crippen LogP contribution < -0.4 is 10.6 Å². The van der Waals surface area contributed by atoms with E-state index in [4.69, 9.17) is 16.1 Å². The second-order valence-corrected chi connectivity index (χ2v) is 11.0. The van der Waals surface area contributed by atoms with Gasteiger partial charge < -0.3 is 11.1 Å². The molecule has 0 spiro atoms. The Morgan fingerprint density at radius 1 is 0.947 bits per heavy atom. The van der Waals surface area contributed by atoms with E-state index in [2.05, 4.69) is 66.7 Å². The molecule has 0 heterocycles. The molecule has 1 aliphatic carbocycles. The van der Waals surface area contributed by atoms with E-state index in [1.165, 1.54) is 11.1 Å². The SMILES string of the molecule is CC1=C(C)C(N(C(N)=O)c2ccccc2)=C(C)C(C)C1=NCCCC(=N)c1c(C(C)C)cccc1C(C)C. The summed E-state index contributed by atoms with van der Waals surface area (Å²) < 4.78 is 0. The van der Waals surface area contributed by atoms with E-state index in [9.17, 15) is 4.79 Å². The first-order valence-corrected chi connectivity index (χ1v) is 13.8. The molecule has 2 aromatic rings. The Morgan fingerprint density at radius 2 is 1.53 bits per heavy atom. The highest BCUT2D eigenvalue weighted by Crippen LogP contribution is 2.37. The van der Waals surface area contributed by atoms with Crippen LogP contribution in [0.5, 0.6) is 0 Å². The predicted octanol–water partition coefficient (Wildman–Crippen LogP) is 8.37. The second kappa shape index (κ2) is 12.4. The third-order valence-corrected chi connectivity index (χ3v) is 7.74. The highest BCUT2D eigenvalue weighted by molar-refractivity contribution is 6.07. The quantitative estimate of drug-likeness (QED) is 0.257. The summed E-state index contributed by atoms with van der Waals surface area (Å²) in [6.07, 6.45) is 1.51. The van der Waals surface area contributed by atoms with Crippen molar-refractivity contribution >= 4 is 23.1 Å². The number of nitrogens with two attached hydrogens (primary N) is 1. The maximum atomic E-state index is 12.5. The summed E-state index contributed by atoms with van der Waals surface area (Å²) in [6.45, 7) is 17.8. The number of urea groups is 1. The molecule has 38 heavy (non-hydrogen) atoms. The molecule has 0 saturated carbocycles. The van der Waals surface area contributed by atoms with Gasteiger partial charge in [-0.25, -0.2) is 4.79 Å². The highest BCUT2D eigenvalue weighted by atomic mass is 16.2. The Balaban J connectivity index is 1.82. The van der Waals surface area contributed by atoms with Crippen LogP contribution in [0.15, 0.2) is 75.9 Å². The van der Waals surface area contributed by atoms with Crippen LogP contribution in [0.25, 0.3) is 0 Å². The van der Waals surface area contributed by atoms with Gasteiger partial charge in [-0.3, -0.25) is 9.89 Å². The fourth-order valence-electron chi connectivity index (χ4n) is 5.42. The van der Waals surface area contributed by atoms with Gasteiger partial charge in [-0.1, -0.05) is 71.0 Å². The van der Waals surface area contributed by atoms with Crippen molar-refractivity contribution in [3.63, 3.8) is 0 Å². The fraction of sp³-hybridized carbons (Fsp3) is 0.424. The fourth-order valence-corrected chi connectivity index (χ4v) is 5.42. The smallest absolute Gasteiger partial charge is 0.323 e. The minimum absolute atomic E-state index is 0.0629. The number of nitrogens with one attached hydrogen (secondary N) is 1. The first kappa shape index (κ1) is 29.1. The molecule has 0 saturated heterocycles. The van der Waals surface area contributed by atoms with Crippen molar-refractivity contribution in [1.82, 2.24) is 0 Å². The van der Waals surface area contributed by atoms with Gasteiger partial charge in [0, 0.05) is 29.4 Å². The lowest BCUT2D eigenvalue weighted by Crippen LogP contribution is -2.39. The molecule has 3 N–H and O–H groups in total. The van der Waals surface area contributed by atoms with Crippen LogP contribution >= 0.6 is 0 Å². The molecule has 3 rings (SSSR count). The molecule has 5 nitrogen and oxygen atoms in total. The maximum absolute atomic E-state index is 12.5. The van der Waals surface area contributed by atoms with Crippen LogP contribution in [0, 0.1) is 11.3 Å². The van der Waals surface area contributed by atoms with Crippen molar-refractivity contribution in [3.05, 3.63) is 87.6 Å². The average molecular weight is 513 g/mol. The number of rotatable bonds is 9. The Kier molecular flexibility index (Phi) is 9.48. The number of carbonyl (C=O) groups excluding carboxylic acids is 1. The van der Waals surface area contributed by atoms with E-state index in [-0.39, 0.29) is 5.92 Å². The first-order valence-electron chi connectivity index (χ1n) is 13.8. The zero-order chi connectivity index (χ0) is 28.1. The number of amides is 2. The van der Waals surface area contributed by atoms with Crippen molar-refractivity contribution in [3.8, 4) is 0 Å². The van der Waals surface area contributed by atoms with Gasteiger partial charge in [-0.15, -0.1) is 0 Å². The summed E-state index contributed by atoms with van der Waals surface area (Å²) in [5, 5.41) is 8.95. The number of para-hydroxylation sites is 1. The topological polar surface area (TPSA) is 82.5 Å².